The molecule has 0 aliphatic rings. The normalized spacial score (nSPS) is 10.6. The van der Waals surface area contributed by atoms with E-state index in [0.717, 1.165) is 4.47 Å². The van der Waals surface area contributed by atoms with E-state index in [-0.39, 0.29) is 5.78 Å². The molecule has 0 saturated carbocycles. The number of carbonyl (C=O) groups excluding carboxylic acids is 1. The van der Waals surface area contributed by atoms with E-state index >= 15 is 0 Å². The highest BCUT2D eigenvalue weighted by molar-refractivity contribution is 9.10. The Morgan fingerprint density at radius 1 is 1.50 bits per heavy atom. The topological polar surface area (TPSA) is 17.1 Å². The first-order valence-corrected chi connectivity index (χ1v) is 5.66. The monoisotopic (exact) mass is 274 g/mol. The molecule has 1 nitrogen and oxygen atoms in total. The first-order valence-electron chi connectivity index (χ1n) is 4.49. The smallest absolute Gasteiger partial charge is 0.164 e. The van der Waals surface area contributed by atoms with Crippen LogP contribution in [0.25, 0.3) is 0 Å². The van der Waals surface area contributed by atoms with Crippen LogP contribution in [-0.2, 0) is 0 Å². The summed E-state index contributed by atoms with van der Waals surface area (Å²) < 4.78 is 0.813. The molecule has 1 rings (SSSR count). The summed E-state index contributed by atoms with van der Waals surface area (Å²) in [6.45, 7) is 4.05. The van der Waals surface area contributed by atoms with Crippen LogP contribution in [0.3, 0.4) is 0 Å². The lowest BCUT2D eigenvalue weighted by Gasteiger charge is -2.06. The van der Waals surface area contributed by atoms with Gasteiger partial charge in [-0.15, -0.1) is 0 Å². The second-order valence-corrected chi connectivity index (χ2v) is 4.94. The van der Waals surface area contributed by atoms with Crippen LogP contribution < -0.4 is 0 Å². The first kappa shape index (κ1) is 11.7. The molecule has 0 radical (unpaired) electrons. The van der Waals surface area contributed by atoms with Gasteiger partial charge in [0.05, 0.1) is 0 Å². The first-order chi connectivity index (χ1) is 6.50. The second kappa shape index (κ2) is 4.94. The van der Waals surface area contributed by atoms with Gasteiger partial charge in [-0.3, -0.25) is 4.79 Å². The maximum Gasteiger partial charge on any atom is 0.164 e. The van der Waals surface area contributed by atoms with Crippen LogP contribution in [0.2, 0.25) is 5.02 Å². The average molecular weight is 276 g/mol. The molecule has 0 aromatic heterocycles. The number of rotatable bonds is 3. The van der Waals surface area contributed by atoms with E-state index in [1.807, 2.05) is 13.8 Å². The van der Waals surface area contributed by atoms with E-state index < -0.39 is 0 Å². The van der Waals surface area contributed by atoms with Crippen molar-refractivity contribution in [2.45, 2.75) is 20.3 Å². The summed E-state index contributed by atoms with van der Waals surface area (Å²) in [4.78, 5) is 11.7. The van der Waals surface area contributed by atoms with E-state index in [1.165, 1.54) is 0 Å². The minimum atomic E-state index is 0.134. The molecule has 14 heavy (non-hydrogen) atoms. The Morgan fingerprint density at radius 3 is 2.71 bits per heavy atom. The van der Waals surface area contributed by atoms with Crippen LogP contribution in [0.4, 0.5) is 0 Å². The van der Waals surface area contributed by atoms with E-state index in [9.17, 15) is 4.79 Å². The zero-order valence-electron chi connectivity index (χ0n) is 8.18. The molecular weight excluding hydrogens is 263 g/mol. The van der Waals surface area contributed by atoms with Gasteiger partial charge in [-0.05, 0) is 24.1 Å². The molecule has 0 spiro atoms. The molecule has 1 aromatic rings. The van der Waals surface area contributed by atoms with Crippen molar-refractivity contribution in [2.24, 2.45) is 5.92 Å². The molecule has 0 bridgehead atoms. The zero-order chi connectivity index (χ0) is 10.7. The highest BCUT2D eigenvalue weighted by Crippen LogP contribution is 2.23. The lowest BCUT2D eigenvalue weighted by Crippen LogP contribution is -2.04. The number of ketones is 1. The van der Waals surface area contributed by atoms with Gasteiger partial charge in [0.1, 0.15) is 0 Å². The van der Waals surface area contributed by atoms with Crippen LogP contribution in [0.15, 0.2) is 22.7 Å². The van der Waals surface area contributed by atoms with Crippen molar-refractivity contribution < 1.29 is 4.79 Å². The van der Waals surface area contributed by atoms with Crippen LogP contribution in [0.1, 0.15) is 30.6 Å². The maximum absolute atomic E-state index is 11.7. The fraction of sp³-hybridized carbons (Fsp3) is 0.364. The molecule has 0 fully saturated rings. The molecule has 0 unspecified atom stereocenters. The molecule has 0 amide bonds. The van der Waals surface area contributed by atoms with E-state index in [0.29, 0.717) is 22.9 Å². The summed E-state index contributed by atoms with van der Waals surface area (Å²) in [6.07, 6.45) is 0.555. The minimum Gasteiger partial charge on any atom is -0.294 e. The highest BCUT2D eigenvalue weighted by Gasteiger charge is 2.11. The van der Waals surface area contributed by atoms with Crippen molar-refractivity contribution in [1.82, 2.24) is 0 Å². The number of hydrogen-bond acceptors (Lipinski definition) is 1. The molecule has 76 valence electrons. The van der Waals surface area contributed by atoms with Crippen molar-refractivity contribution in [2.75, 3.05) is 0 Å². The van der Waals surface area contributed by atoms with Gasteiger partial charge in [0, 0.05) is 21.5 Å². The fourth-order valence-corrected chi connectivity index (χ4v) is 1.83. The van der Waals surface area contributed by atoms with Crippen molar-refractivity contribution in [1.29, 1.82) is 0 Å². The number of hydrogen-bond donors (Lipinski definition) is 0. The van der Waals surface area contributed by atoms with Gasteiger partial charge >= 0.3 is 0 Å². The second-order valence-electron chi connectivity index (χ2n) is 3.65. The average Bonchev–Trinajstić information content (AvgIpc) is 2.08. The van der Waals surface area contributed by atoms with Gasteiger partial charge in [-0.1, -0.05) is 41.4 Å². The predicted molar refractivity (Wildman–Crippen MR) is 62.9 cm³/mol. The number of benzene rings is 1. The Morgan fingerprint density at radius 2 is 2.14 bits per heavy atom. The van der Waals surface area contributed by atoms with Crippen molar-refractivity contribution in [3.63, 3.8) is 0 Å². The molecule has 0 atom stereocenters. The van der Waals surface area contributed by atoms with Gasteiger partial charge in [0.25, 0.3) is 0 Å². The van der Waals surface area contributed by atoms with Crippen LogP contribution in [0.5, 0.6) is 0 Å². The minimum absolute atomic E-state index is 0.134. The van der Waals surface area contributed by atoms with E-state index in [1.54, 1.807) is 18.2 Å². The molecule has 1 aromatic carbocycles. The largest absolute Gasteiger partial charge is 0.294 e. The standard InChI is InChI=1S/C11H12BrClO/c1-7(2)5-11(14)9-6-8(13)3-4-10(9)12/h3-4,6-7H,5H2,1-2H3. The third kappa shape index (κ3) is 3.10. The molecule has 0 N–H and O–H groups in total. The van der Waals surface area contributed by atoms with Crippen LogP contribution >= 0.6 is 27.5 Å². The van der Waals surface area contributed by atoms with Crippen LogP contribution in [-0.4, -0.2) is 5.78 Å². The third-order valence-electron chi connectivity index (χ3n) is 1.82. The lowest BCUT2D eigenvalue weighted by molar-refractivity contribution is 0.0967. The molecule has 0 heterocycles. The quantitative estimate of drug-likeness (QED) is 0.750. The number of carbonyl (C=O) groups is 1. The summed E-state index contributed by atoms with van der Waals surface area (Å²) in [6, 6.07) is 5.27. The summed E-state index contributed by atoms with van der Waals surface area (Å²) in [5.74, 6) is 0.503. The molecule has 0 saturated heterocycles. The third-order valence-corrected chi connectivity index (χ3v) is 2.75. The SMILES string of the molecule is CC(C)CC(=O)c1cc(Cl)ccc1Br. The zero-order valence-corrected chi connectivity index (χ0v) is 10.5. The van der Waals surface area contributed by atoms with E-state index in [2.05, 4.69) is 15.9 Å². The highest BCUT2D eigenvalue weighted by atomic mass is 79.9. The Bertz CT molecular complexity index is 347. The molecule has 0 aliphatic heterocycles. The summed E-state index contributed by atoms with van der Waals surface area (Å²) in [5, 5.41) is 0.598. The van der Waals surface area contributed by atoms with Gasteiger partial charge in [0.2, 0.25) is 0 Å². The Kier molecular flexibility index (Phi) is 4.14. The van der Waals surface area contributed by atoms with E-state index in [4.69, 9.17) is 11.6 Å². The van der Waals surface area contributed by atoms with Gasteiger partial charge in [-0.25, -0.2) is 0 Å². The number of halogens is 2. The fourth-order valence-electron chi connectivity index (χ4n) is 1.19. The molecular formula is C11H12BrClO. The van der Waals surface area contributed by atoms with Crippen molar-refractivity contribution in [3.8, 4) is 0 Å². The number of Topliss-reactive ketones (excluding diaryl/α,β-unsaturated/α-hetero) is 1. The summed E-state index contributed by atoms with van der Waals surface area (Å²) in [5.41, 5.74) is 0.672. The predicted octanol–water partition coefficient (Wildman–Crippen LogP) is 4.33. The maximum atomic E-state index is 11.7. The molecule has 0 aliphatic carbocycles. The summed E-state index contributed by atoms with van der Waals surface area (Å²) >= 11 is 9.17. The van der Waals surface area contributed by atoms with Crippen molar-refractivity contribution in [3.05, 3.63) is 33.3 Å². The van der Waals surface area contributed by atoms with Gasteiger partial charge < -0.3 is 0 Å². The van der Waals surface area contributed by atoms with Gasteiger partial charge in [-0.2, -0.15) is 0 Å². The van der Waals surface area contributed by atoms with Gasteiger partial charge in [0.15, 0.2) is 5.78 Å². The van der Waals surface area contributed by atoms with Crippen molar-refractivity contribution >= 4 is 33.3 Å². The Labute approximate surface area is 97.6 Å². The van der Waals surface area contributed by atoms with Crippen LogP contribution in [0, 0.1) is 5.92 Å². The summed E-state index contributed by atoms with van der Waals surface area (Å²) in [7, 11) is 0. The molecule has 3 heteroatoms. The Hall–Kier alpha value is -0.340. The lowest BCUT2D eigenvalue weighted by atomic mass is 10.0. The Balaban J connectivity index is 2.94.